The van der Waals surface area contributed by atoms with Gasteiger partial charge < -0.3 is 10.5 Å². The van der Waals surface area contributed by atoms with Crippen LogP contribution in [0.25, 0.3) is 0 Å². The molecule has 2 saturated heterocycles. The summed E-state index contributed by atoms with van der Waals surface area (Å²) in [7, 11) is 0. The minimum Gasteiger partial charge on any atom is -0.370 e. The van der Waals surface area contributed by atoms with Crippen molar-refractivity contribution in [2.75, 3.05) is 19.7 Å². The van der Waals surface area contributed by atoms with Gasteiger partial charge in [0.2, 0.25) is 5.91 Å². The van der Waals surface area contributed by atoms with Crippen molar-refractivity contribution in [3.63, 3.8) is 0 Å². The lowest BCUT2D eigenvalue weighted by Crippen LogP contribution is -2.38. The minimum absolute atomic E-state index is 0.0362. The lowest BCUT2D eigenvalue weighted by molar-refractivity contribution is -0.123. The van der Waals surface area contributed by atoms with E-state index in [1.54, 1.807) is 0 Å². The molecule has 3 heterocycles. The van der Waals surface area contributed by atoms with Crippen LogP contribution in [0, 0.1) is 5.92 Å². The number of carbonyl (C=O) groups is 1. The van der Waals surface area contributed by atoms with E-state index < -0.39 is 0 Å². The van der Waals surface area contributed by atoms with E-state index in [1.807, 2.05) is 12.3 Å². The number of aromatic nitrogens is 2. The summed E-state index contributed by atoms with van der Waals surface area (Å²) < 4.78 is 5.63. The van der Waals surface area contributed by atoms with Crippen LogP contribution < -0.4 is 5.73 Å². The first-order valence-corrected chi connectivity index (χ1v) is 7.67. The van der Waals surface area contributed by atoms with Crippen LogP contribution in [0.4, 0.5) is 0 Å². The Bertz CT molecular complexity index is 494. The van der Waals surface area contributed by atoms with Gasteiger partial charge in [0.15, 0.2) is 5.82 Å². The zero-order valence-corrected chi connectivity index (χ0v) is 12.2. The normalized spacial score (nSPS) is 24.3. The fourth-order valence-electron chi connectivity index (χ4n) is 3.04. The van der Waals surface area contributed by atoms with Crippen LogP contribution in [0.15, 0.2) is 12.3 Å². The van der Waals surface area contributed by atoms with Crippen LogP contribution in [0.2, 0.25) is 0 Å². The van der Waals surface area contributed by atoms with Crippen molar-refractivity contribution in [3.05, 3.63) is 23.8 Å². The summed E-state index contributed by atoms with van der Waals surface area (Å²) in [4.78, 5) is 22.5. The Morgan fingerprint density at radius 3 is 2.86 bits per heavy atom. The third kappa shape index (κ3) is 3.57. The van der Waals surface area contributed by atoms with E-state index in [-0.39, 0.29) is 17.9 Å². The molecule has 0 spiro atoms. The molecule has 1 aromatic heterocycles. The van der Waals surface area contributed by atoms with Gasteiger partial charge in [-0.1, -0.05) is 0 Å². The molecule has 1 atom stereocenters. The number of carbonyl (C=O) groups excluding carboxylic acids is 1. The van der Waals surface area contributed by atoms with Crippen molar-refractivity contribution >= 4 is 5.91 Å². The fraction of sp³-hybridized carbons (Fsp3) is 0.667. The van der Waals surface area contributed by atoms with E-state index in [1.165, 1.54) is 0 Å². The average molecular weight is 290 g/mol. The Kier molecular flexibility index (Phi) is 4.45. The molecule has 21 heavy (non-hydrogen) atoms. The maximum atomic E-state index is 11.2. The van der Waals surface area contributed by atoms with Crippen LogP contribution >= 0.6 is 0 Å². The Morgan fingerprint density at radius 1 is 1.38 bits per heavy atom. The highest BCUT2D eigenvalue weighted by molar-refractivity contribution is 5.76. The van der Waals surface area contributed by atoms with Gasteiger partial charge in [-0.25, -0.2) is 9.97 Å². The SMILES string of the molecule is NC(=O)C1CCN(Cc2ccnc(C3CCCO3)n2)CC1. The van der Waals surface area contributed by atoms with Gasteiger partial charge in [0, 0.05) is 25.3 Å². The van der Waals surface area contributed by atoms with E-state index in [0.29, 0.717) is 0 Å². The molecule has 2 N–H and O–H groups in total. The summed E-state index contributed by atoms with van der Waals surface area (Å²) >= 11 is 0. The van der Waals surface area contributed by atoms with E-state index in [9.17, 15) is 4.79 Å². The number of piperidine rings is 1. The summed E-state index contributed by atoms with van der Waals surface area (Å²) in [6.07, 6.45) is 5.66. The monoisotopic (exact) mass is 290 g/mol. The predicted octanol–water partition coefficient (Wildman–Crippen LogP) is 1.03. The van der Waals surface area contributed by atoms with Crippen LogP contribution in [0.1, 0.15) is 43.3 Å². The molecule has 0 bridgehead atoms. The van der Waals surface area contributed by atoms with Crippen molar-refractivity contribution in [1.29, 1.82) is 0 Å². The van der Waals surface area contributed by atoms with Crippen molar-refractivity contribution in [1.82, 2.24) is 14.9 Å². The summed E-state index contributed by atoms with van der Waals surface area (Å²) in [6.45, 7) is 3.40. The van der Waals surface area contributed by atoms with Crippen molar-refractivity contribution < 1.29 is 9.53 Å². The Morgan fingerprint density at radius 2 is 2.19 bits per heavy atom. The molecular weight excluding hydrogens is 268 g/mol. The second-order valence-electron chi connectivity index (χ2n) is 5.86. The molecule has 6 heteroatoms. The van der Waals surface area contributed by atoms with E-state index in [4.69, 9.17) is 10.5 Å². The maximum absolute atomic E-state index is 11.2. The number of ether oxygens (including phenoxy) is 1. The highest BCUT2D eigenvalue weighted by atomic mass is 16.5. The quantitative estimate of drug-likeness (QED) is 0.895. The Labute approximate surface area is 124 Å². The van der Waals surface area contributed by atoms with Gasteiger partial charge >= 0.3 is 0 Å². The van der Waals surface area contributed by atoms with Gasteiger partial charge in [-0.15, -0.1) is 0 Å². The smallest absolute Gasteiger partial charge is 0.220 e. The second-order valence-corrected chi connectivity index (χ2v) is 5.86. The molecule has 2 aliphatic heterocycles. The lowest BCUT2D eigenvalue weighted by atomic mass is 9.96. The van der Waals surface area contributed by atoms with Gasteiger partial charge in [0.1, 0.15) is 6.10 Å². The molecule has 114 valence electrons. The number of nitrogens with two attached hydrogens (primary N) is 1. The molecule has 0 saturated carbocycles. The molecule has 0 radical (unpaired) electrons. The standard InChI is InChI=1S/C15H22N4O2/c16-14(20)11-4-7-19(8-5-11)10-12-3-6-17-15(18-12)13-2-1-9-21-13/h3,6,11,13H,1-2,4-5,7-10H2,(H2,16,20). The van der Waals surface area contributed by atoms with Crippen molar-refractivity contribution in [2.24, 2.45) is 11.7 Å². The molecule has 0 aromatic carbocycles. The first kappa shape index (κ1) is 14.4. The Hall–Kier alpha value is -1.53. The van der Waals surface area contributed by atoms with Gasteiger partial charge in [0.25, 0.3) is 0 Å². The highest BCUT2D eigenvalue weighted by Crippen LogP contribution is 2.26. The van der Waals surface area contributed by atoms with Crippen LogP contribution in [0.5, 0.6) is 0 Å². The average Bonchev–Trinajstić information content (AvgIpc) is 3.02. The third-order valence-corrected chi connectivity index (χ3v) is 4.33. The number of primary amides is 1. The number of nitrogens with zero attached hydrogens (tertiary/aromatic N) is 3. The summed E-state index contributed by atoms with van der Waals surface area (Å²) in [6, 6.07) is 1.96. The first-order chi connectivity index (χ1) is 10.2. The number of rotatable bonds is 4. The van der Waals surface area contributed by atoms with Crippen LogP contribution in [0.3, 0.4) is 0 Å². The molecule has 1 aromatic rings. The van der Waals surface area contributed by atoms with E-state index in [2.05, 4.69) is 14.9 Å². The third-order valence-electron chi connectivity index (χ3n) is 4.33. The summed E-state index contributed by atoms with van der Waals surface area (Å²) in [5.74, 6) is 0.670. The van der Waals surface area contributed by atoms with Crippen LogP contribution in [-0.2, 0) is 16.1 Å². The second kappa shape index (κ2) is 6.49. The maximum Gasteiger partial charge on any atom is 0.220 e. The molecule has 3 rings (SSSR count). The zero-order chi connectivity index (χ0) is 14.7. The van der Waals surface area contributed by atoms with Crippen molar-refractivity contribution in [3.8, 4) is 0 Å². The molecule has 0 aliphatic carbocycles. The number of hydrogen-bond acceptors (Lipinski definition) is 5. The topological polar surface area (TPSA) is 81.3 Å². The number of hydrogen-bond donors (Lipinski definition) is 1. The van der Waals surface area contributed by atoms with Gasteiger partial charge in [-0.2, -0.15) is 0 Å². The largest absolute Gasteiger partial charge is 0.370 e. The highest BCUT2D eigenvalue weighted by Gasteiger charge is 2.24. The van der Waals surface area contributed by atoms with Crippen LogP contribution in [-0.4, -0.2) is 40.5 Å². The van der Waals surface area contributed by atoms with Crippen molar-refractivity contribution in [2.45, 2.75) is 38.3 Å². The molecule has 1 amide bonds. The van der Waals surface area contributed by atoms with Gasteiger partial charge in [0.05, 0.1) is 5.69 Å². The zero-order valence-electron chi connectivity index (χ0n) is 12.2. The van der Waals surface area contributed by atoms with E-state index in [0.717, 1.165) is 63.4 Å². The van der Waals surface area contributed by atoms with Gasteiger partial charge in [-0.05, 0) is 44.8 Å². The summed E-state index contributed by atoms with van der Waals surface area (Å²) in [5, 5.41) is 0. The summed E-state index contributed by atoms with van der Waals surface area (Å²) in [5.41, 5.74) is 6.38. The van der Waals surface area contributed by atoms with E-state index >= 15 is 0 Å². The number of amides is 1. The molecule has 2 fully saturated rings. The molecule has 1 unspecified atom stereocenters. The number of likely N-dealkylation sites (tertiary alicyclic amines) is 1. The predicted molar refractivity (Wildman–Crippen MR) is 77.2 cm³/mol. The molecule has 2 aliphatic rings. The Balaban J connectivity index is 1.58. The first-order valence-electron chi connectivity index (χ1n) is 7.67. The minimum atomic E-state index is -0.169. The van der Waals surface area contributed by atoms with Gasteiger partial charge in [-0.3, -0.25) is 9.69 Å². The molecular formula is C15H22N4O2. The lowest BCUT2D eigenvalue weighted by Gasteiger charge is -2.30. The molecule has 6 nitrogen and oxygen atoms in total. The fourth-order valence-corrected chi connectivity index (χ4v) is 3.04.